The molecule has 6 heteroatoms. The van der Waals surface area contributed by atoms with Crippen LogP contribution in [0.15, 0.2) is 42.2 Å². The molecule has 0 fully saturated rings. The lowest BCUT2D eigenvalue weighted by Crippen LogP contribution is -2.18. The van der Waals surface area contributed by atoms with E-state index < -0.39 is 11.3 Å². The monoisotopic (exact) mass is 386 g/mol. The first kappa shape index (κ1) is 19.0. The van der Waals surface area contributed by atoms with E-state index in [9.17, 15) is 9.59 Å². The second-order valence-electron chi connectivity index (χ2n) is 6.01. The maximum Gasteiger partial charge on any atom is 0.329 e. The molecule has 0 spiro atoms. The van der Waals surface area contributed by atoms with Gasteiger partial charge in [-0.3, -0.25) is 9.59 Å². The van der Waals surface area contributed by atoms with Gasteiger partial charge in [0.1, 0.15) is 22.6 Å². The Morgan fingerprint density at radius 1 is 1.22 bits per heavy atom. The van der Waals surface area contributed by atoms with Gasteiger partial charge in [0.25, 0.3) is 0 Å². The Balaban J connectivity index is 1.94. The van der Waals surface area contributed by atoms with Crippen molar-refractivity contribution in [3.63, 3.8) is 0 Å². The number of Topliss-reactive ketones (excluding diaryl/α,β-unsaturated/α-hetero) is 1. The van der Waals surface area contributed by atoms with Crippen molar-refractivity contribution in [2.75, 3.05) is 6.61 Å². The summed E-state index contributed by atoms with van der Waals surface area (Å²) in [5.41, 5.74) is 1.73. The van der Waals surface area contributed by atoms with Crippen LogP contribution in [0, 0.1) is 6.92 Å². The van der Waals surface area contributed by atoms with Crippen LogP contribution in [0.25, 0.3) is 6.08 Å². The first-order chi connectivity index (χ1) is 12.9. The lowest BCUT2D eigenvalue weighted by Gasteiger charge is -2.10. The van der Waals surface area contributed by atoms with Gasteiger partial charge in [0.05, 0.1) is 12.2 Å². The summed E-state index contributed by atoms with van der Waals surface area (Å²) in [6, 6.07) is 10.6. The van der Waals surface area contributed by atoms with E-state index in [4.69, 9.17) is 25.8 Å². The maximum atomic E-state index is 12.7. The molecule has 0 N–H and O–H groups in total. The highest BCUT2D eigenvalue weighted by Gasteiger charge is 2.31. The van der Waals surface area contributed by atoms with E-state index in [1.165, 1.54) is 6.92 Å². The molecule has 5 nitrogen and oxygen atoms in total. The highest BCUT2D eigenvalue weighted by Crippen LogP contribution is 2.39. The lowest BCUT2D eigenvalue weighted by atomic mass is 10.1. The van der Waals surface area contributed by atoms with E-state index in [0.29, 0.717) is 35.0 Å². The third-order valence-corrected chi connectivity index (χ3v) is 4.26. The topological polar surface area (TPSA) is 61.8 Å². The van der Waals surface area contributed by atoms with Crippen LogP contribution in [0.2, 0.25) is 0 Å². The van der Waals surface area contributed by atoms with Gasteiger partial charge >= 0.3 is 5.97 Å². The van der Waals surface area contributed by atoms with Crippen LogP contribution < -0.4 is 14.2 Å². The summed E-state index contributed by atoms with van der Waals surface area (Å²) in [5, 5.41) is -0.772. The van der Waals surface area contributed by atoms with Crippen molar-refractivity contribution in [2.24, 2.45) is 0 Å². The minimum atomic E-state index is -0.772. The molecule has 0 saturated heterocycles. The average Bonchev–Trinajstić information content (AvgIpc) is 2.96. The van der Waals surface area contributed by atoms with Gasteiger partial charge in [-0.05, 0) is 45.0 Å². The SMILES string of the molecule is CCOc1ccccc1/C=C1\Oc2c(ccc(OC(=O)C(C)Cl)c2C)C1=O. The highest BCUT2D eigenvalue weighted by molar-refractivity contribution is 6.29. The number of carbonyl (C=O) groups excluding carboxylic acids is 2. The van der Waals surface area contributed by atoms with Crippen molar-refractivity contribution < 1.29 is 23.8 Å². The van der Waals surface area contributed by atoms with Crippen LogP contribution in [0.5, 0.6) is 17.2 Å². The van der Waals surface area contributed by atoms with E-state index >= 15 is 0 Å². The second-order valence-corrected chi connectivity index (χ2v) is 6.67. The van der Waals surface area contributed by atoms with Crippen molar-refractivity contribution in [1.82, 2.24) is 0 Å². The fraction of sp³-hybridized carbons (Fsp3) is 0.238. The number of hydrogen-bond donors (Lipinski definition) is 0. The number of fused-ring (bicyclic) bond motifs is 1. The molecule has 0 saturated carbocycles. The third-order valence-electron chi connectivity index (χ3n) is 4.08. The van der Waals surface area contributed by atoms with Crippen LogP contribution >= 0.6 is 11.6 Å². The fourth-order valence-electron chi connectivity index (χ4n) is 2.70. The normalized spacial score (nSPS) is 15.3. The number of carbonyl (C=O) groups is 2. The number of esters is 1. The number of allylic oxidation sites excluding steroid dienone is 1. The van der Waals surface area contributed by atoms with Gasteiger partial charge in [0.15, 0.2) is 5.76 Å². The molecule has 0 amide bonds. The van der Waals surface area contributed by atoms with Crippen molar-refractivity contribution >= 4 is 29.4 Å². The van der Waals surface area contributed by atoms with Crippen LogP contribution in [-0.2, 0) is 4.79 Å². The molecular formula is C21H19ClO5. The summed E-state index contributed by atoms with van der Waals surface area (Å²) in [5.74, 6) is 0.757. The Hall–Kier alpha value is -2.79. The summed E-state index contributed by atoms with van der Waals surface area (Å²) < 4.78 is 16.7. The summed E-state index contributed by atoms with van der Waals surface area (Å²) >= 11 is 5.74. The maximum absolute atomic E-state index is 12.7. The van der Waals surface area contributed by atoms with Crippen molar-refractivity contribution in [2.45, 2.75) is 26.1 Å². The van der Waals surface area contributed by atoms with E-state index in [-0.39, 0.29) is 11.5 Å². The van der Waals surface area contributed by atoms with Crippen molar-refractivity contribution in [3.8, 4) is 17.2 Å². The van der Waals surface area contributed by atoms with Gasteiger partial charge in [-0.2, -0.15) is 0 Å². The van der Waals surface area contributed by atoms with E-state index in [2.05, 4.69) is 0 Å². The van der Waals surface area contributed by atoms with Crippen LogP contribution in [0.3, 0.4) is 0 Å². The predicted octanol–water partition coefficient (Wildman–Crippen LogP) is 4.54. The molecule has 0 aliphatic carbocycles. The van der Waals surface area contributed by atoms with Gasteiger partial charge in [-0.15, -0.1) is 11.6 Å². The molecule has 27 heavy (non-hydrogen) atoms. The zero-order valence-electron chi connectivity index (χ0n) is 15.2. The number of benzene rings is 2. The summed E-state index contributed by atoms with van der Waals surface area (Å²) in [4.78, 5) is 24.4. The molecule has 3 rings (SSSR count). The molecular weight excluding hydrogens is 368 g/mol. The quantitative estimate of drug-likeness (QED) is 0.326. The first-order valence-electron chi connectivity index (χ1n) is 8.57. The highest BCUT2D eigenvalue weighted by atomic mass is 35.5. The van der Waals surface area contributed by atoms with Gasteiger partial charge in [0, 0.05) is 11.1 Å². The number of rotatable bonds is 5. The molecule has 1 atom stereocenters. The molecule has 2 aromatic carbocycles. The van der Waals surface area contributed by atoms with Gasteiger partial charge in [-0.1, -0.05) is 18.2 Å². The molecule has 0 bridgehead atoms. The minimum Gasteiger partial charge on any atom is -0.493 e. The Labute approximate surface area is 162 Å². The van der Waals surface area contributed by atoms with E-state index in [1.807, 2.05) is 31.2 Å². The van der Waals surface area contributed by atoms with E-state index in [0.717, 1.165) is 5.56 Å². The standard InChI is InChI=1S/C21H19ClO5/c1-4-25-17-8-6-5-7-14(17)11-18-19(23)15-9-10-16(12(2)20(15)26-18)27-21(24)13(3)22/h5-11,13H,4H2,1-3H3/b18-11-. The van der Waals surface area contributed by atoms with Gasteiger partial charge in [-0.25, -0.2) is 0 Å². The number of para-hydroxylation sites is 1. The molecule has 140 valence electrons. The average molecular weight is 387 g/mol. The Bertz CT molecular complexity index is 930. The molecule has 1 unspecified atom stereocenters. The van der Waals surface area contributed by atoms with Crippen LogP contribution in [0.1, 0.15) is 35.3 Å². The zero-order valence-corrected chi connectivity index (χ0v) is 16.0. The van der Waals surface area contributed by atoms with Crippen LogP contribution in [0.4, 0.5) is 0 Å². The minimum absolute atomic E-state index is 0.189. The first-order valence-corrected chi connectivity index (χ1v) is 9.01. The Morgan fingerprint density at radius 2 is 1.96 bits per heavy atom. The predicted molar refractivity (Wildman–Crippen MR) is 103 cm³/mol. The number of hydrogen-bond acceptors (Lipinski definition) is 5. The smallest absolute Gasteiger partial charge is 0.329 e. The molecule has 0 radical (unpaired) electrons. The molecule has 1 heterocycles. The second kappa shape index (κ2) is 7.84. The number of ether oxygens (including phenoxy) is 3. The molecule has 0 aromatic heterocycles. The van der Waals surface area contributed by atoms with Crippen LogP contribution in [-0.4, -0.2) is 23.7 Å². The van der Waals surface area contributed by atoms with Crippen molar-refractivity contribution in [1.29, 1.82) is 0 Å². The number of alkyl halides is 1. The van der Waals surface area contributed by atoms with Crippen molar-refractivity contribution in [3.05, 3.63) is 58.8 Å². The third kappa shape index (κ3) is 3.83. The number of ketones is 1. The number of halogens is 1. The van der Waals surface area contributed by atoms with E-state index in [1.54, 1.807) is 25.1 Å². The Morgan fingerprint density at radius 3 is 2.67 bits per heavy atom. The summed E-state index contributed by atoms with van der Waals surface area (Å²) in [7, 11) is 0. The zero-order chi connectivity index (χ0) is 19.6. The van der Waals surface area contributed by atoms with Gasteiger partial charge < -0.3 is 14.2 Å². The summed E-state index contributed by atoms with van der Waals surface area (Å²) in [6.07, 6.45) is 1.65. The Kier molecular flexibility index (Phi) is 5.51. The van der Waals surface area contributed by atoms with Gasteiger partial charge in [0.2, 0.25) is 5.78 Å². The largest absolute Gasteiger partial charge is 0.493 e. The molecule has 1 aliphatic rings. The molecule has 2 aromatic rings. The fourth-order valence-corrected chi connectivity index (χ4v) is 2.74. The molecule has 1 aliphatic heterocycles. The lowest BCUT2D eigenvalue weighted by molar-refractivity contribution is -0.133. The summed E-state index contributed by atoms with van der Waals surface area (Å²) in [6.45, 7) is 5.67.